The fourth-order valence-electron chi connectivity index (χ4n) is 1.06. The van der Waals surface area contributed by atoms with E-state index in [2.05, 4.69) is 0 Å². The first-order chi connectivity index (χ1) is 7.80. The van der Waals surface area contributed by atoms with E-state index < -0.39 is 17.8 Å². The van der Waals surface area contributed by atoms with E-state index in [1.54, 1.807) is 0 Å². The summed E-state index contributed by atoms with van der Waals surface area (Å²) in [4.78, 5) is 12.3. The smallest absolute Gasteiger partial charge is 0.416 e. The highest BCUT2D eigenvalue weighted by Crippen LogP contribution is 2.29. The van der Waals surface area contributed by atoms with Crippen molar-refractivity contribution in [2.45, 2.75) is 12.8 Å². The van der Waals surface area contributed by atoms with Gasteiger partial charge in [0.05, 0.1) is 5.56 Å². The lowest BCUT2D eigenvalue weighted by atomic mass is 10.1. The molecule has 0 radical (unpaired) electrons. The molecule has 1 aromatic carbocycles. The molecule has 3 nitrogen and oxygen atoms in total. The molecule has 0 heterocycles. The highest BCUT2D eigenvalue weighted by molar-refractivity contribution is 5.66. The molecule has 1 rings (SSSR count). The second-order valence-electron chi connectivity index (χ2n) is 3.64. The molecule has 0 spiro atoms. The maximum absolute atomic E-state index is 12.2. The third kappa shape index (κ3) is 3.97. The van der Waals surface area contributed by atoms with Crippen LogP contribution in [0.3, 0.4) is 0 Å². The normalized spacial score (nSPS) is 11.1. The Morgan fingerprint density at radius 1 is 1.24 bits per heavy atom. The van der Waals surface area contributed by atoms with Crippen LogP contribution in [0.1, 0.15) is 11.1 Å². The lowest BCUT2D eigenvalue weighted by Crippen LogP contribution is -2.22. The second-order valence-corrected chi connectivity index (χ2v) is 3.64. The number of nitrogens with zero attached hydrogens (tertiary/aromatic N) is 1. The van der Waals surface area contributed by atoms with Crippen LogP contribution in [0.4, 0.5) is 18.0 Å². The van der Waals surface area contributed by atoms with Gasteiger partial charge in [-0.1, -0.05) is 12.1 Å². The van der Waals surface area contributed by atoms with Crippen molar-refractivity contribution in [3.8, 4) is 0 Å². The molecule has 0 aliphatic rings. The topological polar surface area (TPSA) is 29.5 Å². The number of benzene rings is 1. The summed E-state index contributed by atoms with van der Waals surface area (Å²) >= 11 is 0. The third-order valence-electron chi connectivity index (χ3n) is 2.01. The average molecular weight is 247 g/mol. The molecule has 0 saturated carbocycles. The number of rotatable bonds is 2. The van der Waals surface area contributed by atoms with E-state index in [0.29, 0.717) is 5.56 Å². The maximum Gasteiger partial charge on any atom is 0.416 e. The Morgan fingerprint density at radius 3 is 2.18 bits per heavy atom. The third-order valence-corrected chi connectivity index (χ3v) is 2.01. The number of hydrogen-bond donors (Lipinski definition) is 0. The number of carbonyl (C=O) groups excluding carboxylic acids is 1. The van der Waals surface area contributed by atoms with Crippen LogP contribution in [0, 0.1) is 0 Å². The van der Waals surface area contributed by atoms with Gasteiger partial charge >= 0.3 is 12.3 Å². The fourth-order valence-corrected chi connectivity index (χ4v) is 1.06. The summed E-state index contributed by atoms with van der Waals surface area (Å²) in [5.41, 5.74) is -0.214. The summed E-state index contributed by atoms with van der Waals surface area (Å²) in [7, 11) is 3.05. The van der Waals surface area contributed by atoms with Gasteiger partial charge in [-0.25, -0.2) is 4.79 Å². The molecule has 0 bridgehead atoms. The van der Waals surface area contributed by atoms with Gasteiger partial charge in [0.2, 0.25) is 0 Å². The Morgan fingerprint density at radius 2 is 1.76 bits per heavy atom. The number of alkyl halides is 3. The van der Waals surface area contributed by atoms with Crippen molar-refractivity contribution in [2.24, 2.45) is 0 Å². The zero-order chi connectivity index (χ0) is 13.1. The van der Waals surface area contributed by atoms with Crippen molar-refractivity contribution >= 4 is 6.09 Å². The summed E-state index contributed by atoms with van der Waals surface area (Å²) < 4.78 is 41.6. The lowest BCUT2D eigenvalue weighted by Gasteiger charge is -2.11. The second kappa shape index (κ2) is 5.07. The molecule has 6 heteroatoms. The zero-order valence-electron chi connectivity index (χ0n) is 9.41. The van der Waals surface area contributed by atoms with Crippen molar-refractivity contribution in [3.63, 3.8) is 0 Å². The van der Waals surface area contributed by atoms with Crippen molar-refractivity contribution in [2.75, 3.05) is 14.1 Å². The molecule has 0 aliphatic heterocycles. The number of ether oxygens (including phenoxy) is 1. The van der Waals surface area contributed by atoms with Gasteiger partial charge in [0.1, 0.15) is 6.61 Å². The predicted octanol–water partition coefficient (Wildman–Crippen LogP) is 2.90. The first-order valence-corrected chi connectivity index (χ1v) is 4.81. The summed E-state index contributed by atoms with van der Waals surface area (Å²) in [6, 6.07) is 4.48. The van der Waals surface area contributed by atoms with Crippen LogP contribution in [0.15, 0.2) is 24.3 Å². The monoisotopic (exact) mass is 247 g/mol. The first kappa shape index (κ1) is 13.3. The summed E-state index contributed by atoms with van der Waals surface area (Å²) in [5, 5.41) is 0. The van der Waals surface area contributed by atoms with Crippen LogP contribution < -0.4 is 0 Å². The molecule has 0 N–H and O–H groups in total. The highest BCUT2D eigenvalue weighted by atomic mass is 19.4. The van der Waals surface area contributed by atoms with Gasteiger partial charge in [-0.15, -0.1) is 0 Å². The molecule has 0 atom stereocenters. The SMILES string of the molecule is CN(C)C(=O)OCc1ccc(C(F)(F)F)cc1. The van der Waals surface area contributed by atoms with E-state index in [4.69, 9.17) is 4.74 Å². The molecule has 17 heavy (non-hydrogen) atoms. The van der Waals surface area contributed by atoms with Gasteiger partial charge in [-0.05, 0) is 17.7 Å². The number of hydrogen-bond acceptors (Lipinski definition) is 2. The van der Waals surface area contributed by atoms with Gasteiger partial charge < -0.3 is 9.64 Å². The van der Waals surface area contributed by atoms with Crippen molar-refractivity contribution in [1.82, 2.24) is 4.90 Å². The molecule has 0 fully saturated rings. The Hall–Kier alpha value is -1.72. The van der Waals surface area contributed by atoms with Crippen LogP contribution >= 0.6 is 0 Å². The quantitative estimate of drug-likeness (QED) is 0.804. The standard InChI is InChI=1S/C11H12F3NO2/c1-15(2)10(16)17-7-8-3-5-9(6-4-8)11(12,13)14/h3-6H,7H2,1-2H3. The molecule has 0 unspecified atom stereocenters. The van der Waals surface area contributed by atoms with Crippen LogP contribution in [0.5, 0.6) is 0 Å². The van der Waals surface area contributed by atoms with Crippen LogP contribution in [-0.4, -0.2) is 25.1 Å². The van der Waals surface area contributed by atoms with E-state index in [0.717, 1.165) is 12.1 Å². The molecule has 0 aromatic heterocycles. The van der Waals surface area contributed by atoms with Crippen LogP contribution in [-0.2, 0) is 17.5 Å². The summed E-state index contributed by atoms with van der Waals surface area (Å²) in [6.07, 6.45) is -4.89. The Kier molecular flexibility index (Phi) is 3.98. The van der Waals surface area contributed by atoms with Crippen molar-refractivity contribution < 1.29 is 22.7 Å². The van der Waals surface area contributed by atoms with Crippen LogP contribution in [0.25, 0.3) is 0 Å². The molecule has 1 amide bonds. The number of carbonyl (C=O) groups is 1. The number of amides is 1. The summed E-state index contributed by atoms with van der Waals surface area (Å²) in [5.74, 6) is 0. The Balaban J connectivity index is 2.61. The minimum absolute atomic E-state index is 0.0465. The van der Waals surface area contributed by atoms with Crippen molar-refractivity contribution in [1.29, 1.82) is 0 Å². The maximum atomic E-state index is 12.2. The minimum atomic E-state index is -4.35. The fraction of sp³-hybridized carbons (Fsp3) is 0.364. The van der Waals surface area contributed by atoms with E-state index >= 15 is 0 Å². The Labute approximate surface area is 96.8 Å². The molecular weight excluding hydrogens is 235 g/mol. The zero-order valence-corrected chi connectivity index (χ0v) is 9.41. The van der Waals surface area contributed by atoms with E-state index in [1.165, 1.54) is 31.1 Å². The van der Waals surface area contributed by atoms with Gasteiger partial charge in [0.15, 0.2) is 0 Å². The van der Waals surface area contributed by atoms with E-state index in [9.17, 15) is 18.0 Å². The molecule has 0 aliphatic carbocycles. The van der Waals surface area contributed by atoms with Gasteiger partial charge in [0, 0.05) is 14.1 Å². The minimum Gasteiger partial charge on any atom is -0.445 e. The molecular formula is C11H12F3NO2. The van der Waals surface area contributed by atoms with E-state index in [-0.39, 0.29) is 6.61 Å². The highest BCUT2D eigenvalue weighted by Gasteiger charge is 2.29. The van der Waals surface area contributed by atoms with Gasteiger partial charge in [-0.3, -0.25) is 0 Å². The van der Waals surface area contributed by atoms with E-state index in [1.807, 2.05) is 0 Å². The number of halogens is 3. The van der Waals surface area contributed by atoms with Gasteiger partial charge in [-0.2, -0.15) is 13.2 Å². The lowest BCUT2D eigenvalue weighted by molar-refractivity contribution is -0.137. The molecule has 0 saturated heterocycles. The molecule has 94 valence electrons. The van der Waals surface area contributed by atoms with Crippen LogP contribution in [0.2, 0.25) is 0 Å². The summed E-state index contributed by atoms with van der Waals surface area (Å²) in [6.45, 7) is -0.0465. The Bertz CT molecular complexity index is 385. The molecule has 1 aromatic rings. The average Bonchev–Trinajstić information content (AvgIpc) is 2.25. The first-order valence-electron chi connectivity index (χ1n) is 4.81. The van der Waals surface area contributed by atoms with Crippen molar-refractivity contribution in [3.05, 3.63) is 35.4 Å². The largest absolute Gasteiger partial charge is 0.445 e. The van der Waals surface area contributed by atoms with Gasteiger partial charge in [0.25, 0.3) is 0 Å². The predicted molar refractivity (Wildman–Crippen MR) is 55.3 cm³/mol.